The second-order valence-electron chi connectivity index (χ2n) is 26.2. The average molecular weight is 1300 g/mol. The summed E-state index contributed by atoms with van der Waals surface area (Å²) in [6, 6.07) is 3.04. The topological polar surface area (TPSA) is 443 Å². The van der Waals surface area contributed by atoms with Crippen LogP contribution in [-0.2, 0) is 63.9 Å². The van der Waals surface area contributed by atoms with Gasteiger partial charge in [0, 0.05) is 102 Å². The van der Waals surface area contributed by atoms with E-state index in [1.54, 1.807) is 4.57 Å². The molecule has 2 saturated heterocycles. The van der Waals surface area contributed by atoms with Crippen molar-refractivity contribution < 1.29 is 79.0 Å². The van der Waals surface area contributed by atoms with Crippen LogP contribution in [0, 0.1) is 65.1 Å². The number of rotatable bonds is 24. The van der Waals surface area contributed by atoms with E-state index in [2.05, 4.69) is 10.3 Å². The minimum atomic E-state index is -5.00. The standard InChI is InChI=1S/C60H87N12O13P.CN.Co/c1-29-20-38-39(21-30(29)2)72(28-67-38)55-51(80)52(40(27-73)83-55)85-86(81,82)84-31(3)26-66-48(79)18-19-57(8)23-42-60(11)59(10,25-47(65)78)36(14-17-45(63)76)50(71-60)33(5)54-58(9,24-46(64)77)34(12-15-43(61)74)37(68-54)22-41-56(6,7)35(13-16-44(62)75)49(69-41)32(4)53(57)70-42;1-2;/h20-22,28,31,34-36,40,42,51-52,55,73,80H,12-19,23-27H2,1-11H3,(H13,61,62,63,64,65,66,68,69,70,71,74,75,76,77,78,79,81,82);;/q;-1;+3/p-1/t31-,34+,35+,36+,40+,42?,51?,52?,55-,57+,58-,59-,60-;;/m0../s1. The van der Waals surface area contributed by atoms with Gasteiger partial charge in [0.2, 0.25) is 35.4 Å². The fraction of sp³-hybridized carbons (Fsp3) is 0.623. The Kier molecular flexibility index (Phi) is 21.8. The second kappa shape index (κ2) is 27.2. The molecule has 2 fully saturated rings. The number of ether oxygens (including phenoxy) is 1. The van der Waals surface area contributed by atoms with Gasteiger partial charge in [-0.25, -0.2) is 9.55 Å². The van der Waals surface area contributed by atoms with Gasteiger partial charge in [-0.05, 0) is 113 Å². The molecular formula is C61H86CoN13O13P+. The monoisotopic (exact) mass is 1300 g/mol. The Morgan fingerprint density at radius 2 is 1.43 bits per heavy atom. The third-order valence-corrected chi connectivity index (χ3v) is 20.8. The fourth-order valence-electron chi connectivity index (χ4n) is 14.6. The van der Waals surface area contributed by atoms with E-state index in [1.165, 1.54) is 13.3 Å². The first-order valence-electron chi connectivity index (χ1n) is 29.6. The van der Waals surface area contributed by atoms with Gasteiger partial charge in [0.05, 0.1) is 41.3 Å². The van der Waals surface area contributed by atoms with Crippen molar-refractivity contribution >= 4 is 71.4 Å². The van der Waals surface area contributed by atoms with E-state index in [0.29, 0.717) is 62.8 Å². The SMILES string of the molecule is C/C1=C2/[N-]C(C[C@@]2(C)CCC(=O)NC[C@H](C)OP(=O)(O)OC2C(O)[C@@H](n3cnc4cc(C)c(C)cc43)O[C@@H]2CO)[C@]2(C)N=C(/C(C)=C3N=C(/C=C4N=C1[C@@H](CCC(N)=O)C\4(C)C)[C@@H](CCC(N)=O)[C@]\3(C)CC(N)=O)[C@@H](CCC(N)=O)[C@]2(C)CC(N)=O.[C-]#N.[Co+3]. The zero-order valence-electron chi connectivity index (χ0n) is 52.4. The van der Waals surface area contributed by atoms with Crippen molar-refractivity contribution in [2.75, 3.05) is 13.2 Å². The Morgan fingerprint density at radius 1 is 0.843 bits per heavy atom. The molecule has 7 heterocycles. The molecule has 8 bridgehead atoms. The van der Waals surface area contributed by atoms with E-state index >= 15 is 0 Å². The summed E-state index contributed by atoms with van der Waals surface area (Å²) in [5, 5.41) is 36.4. The summed E-state index contributed by atoms with van der Waals surface area (Å²) in [7, 11) is -5.00. The maximum absolute atomic E-state index is 14.1. The molecule has 4 unspecified atom stereocenters. The van der Waals surface area contributed by atoms with Crippen LogP contribution >= 0.6 is 7.82 Å². The van der Waals surface area contributed by atoms with Crippen LogP contribution in [0.15, 0.2) is 67.8 Å². The molecule has 6 aliphatic rings. The van der Waals surface area contributed by atoms with Crippen LogP contribution in [-0.4, -0.2) is 126 Å². The van der Waals surface area contributed by atoms with Gasteiger partial charge in [0.25, 0.3) is 0 Å². The maximum Gasteiger partial charge on any atom is 3.00 e. The molecule has 0 radical (unpaired) electrons. The molecular weight excluding hydrogens is 1210 g/mol. The number of aromatic nitrogens is 2. The molecule has 89 heavy (non-hydrogen) atoms. The van der Waals surface area contributed by atoms with E-state index < -0.39 is 132 Å². The molecule has 6 aliphatic heterocycles. The van der Waals surface area contributed by atoms with E-state index in [-0.39, 0.29) is 87.5 Å². The van der Waals surface area contributed by atoms with Crippen molar-refractivity contribution in [2.24, 2.45) is 83.1 Å². The Labute approximate surface area is 529 Å². The number of phosphoric ester groups is 1. The van der Waals surface area contributed by atoms with Crippen LogP contribution in [0.3, 0.4) is 0 Å². The fourth-order valence-corrected chi connectivity index (χ4v) is 15.7. The molecule has 486 valence electrons. The van der Waals surface area contributed by atoms with Gasteiger partial charge in [0.1, 0.15) is 18.3 Å². The summed E-state index contributed by atoms with van der Waals surface area (Å²) < 4.78 is 32.2. The summed E-state index contributed by atoms with van der Waals surface area (Å²) in [5.74, 6) is -5.04. The molecule has 0 aliphatic carbocycles. The summed E-state index contributed by atoms with van der Waals surface area (Å²) in [6.45, 7) is 24.6. The number of nitrogens with zero attached hydrogens (tertiary/aromatic N) is 7. The number of hydrogen-bond donors (Lipinski definition) is 9. The molecule has 0 spiro atoms. The first kappa shape index (κ1) is 71.6. The summed E-state index contributed by atoms with van der Waals surface area (Å²) in [6.07, 6.45) is -2.65. The molecule has 2 aromatic rings. The zero-order valence-corrected chi connectivity index (χ0v) is 54.4. The van der Waals surface area contributed by atoms with E-state index in [4.69, 9.17) is 74.6 Å². The van der Waals surface area contributed by atoms with Gasteiger partial charge in [0.15, 0.2) is 6.23 Å². The quantitative estimate of drug-likeness (QED) is 0.0496. The molecule has 1 aromatic carbocycles. The number of allylic oxidation sites excluding steroid dienone is 6. The molecule has 1 aromatic heterocycles. The van der Waals surface area contributed by atoms with Crippen LogP contribution in [0.1, 0.15) is 150 Å². The Morgan fingerprint density at radius 3 is 2.01 bits per heavy atom. The number of fused-ring (bicyclic) bond motifs is 7. The maximum atomic E-state index is 14.1. The number of aliphatic imine (C=N–C) groups is 3. The van der Waals surface area contributed by atoms with Gasteiger partial charge in [-0.3, -0.25) is 52.8 Å². The van der Waals surface area contributed by atoms with Gasteiger partial charge in [-0.2, -0.15) is 5.70 Å². The first-order valence-corrected chi connectivity index (χ1v) is 31.1. The number of carbonyl (C=O) groups is 6. The predicted octanol–water partition coefficient (Wildman–Crippen LogP) is 4.94. The zero-order chi connectivity index (χ0) is 65.6. The number of primary amides is 5. The van der Waals surface area contributed by atoms with Crippen LogP contribution in [0.5, 0.6) is 0 Å². The normalized spacial score (nSPS) is 33.3. The number of aliphatic hydroxyl groups excluding tert-OH is 2. The largest absolute Gasteiger partial charge is 3.00 e. The van der Waals surface area contributed by atoms with Crippen molar-refractivity contribution in [3.05, 3.63) is 75.8 Å². The van der Waals surface area contributed by atoms with E-state index in [9.17, 15) is 48.4 Å². The van der Waals surface area contributed by atoms with Gasteiger partial charge in [-0.15, -0.1) is 0 Å². The number of nitrogens with one attached hydrogen (secondary N) is 1. The number of aryl methyl sites for hydroxylation is 2. The molecule has 28 heteroatoms. The summed E-state index contributed by atoms with van der Waals surface area (Å²) >= 11 is 0. The van der Waals surface area contributed by atoms with E-state index in [1.807, 2.05) is 87.4 Å². The number of amides is 6. The van der Waals surface area contributed by atoms with Crippen LogP contribution in [0.25, 0.3) is 16.4 Å². The van der Waals surface area contributed by atoms with E-state index in [0.717, 1.165) is 11.1 Å². The number of imidazole rings is 1. The Balaban J connectivity index is 0.00000416. The van der Waals surface area contributed by atoms with Crippen molar-refractivity contribution in [3.63, 3.8) is 0 Å². The molecule has 6 amide bonds. The van der Waals surface area contributed by atoms with Gasteiger partial charge in [-0.1, -0.05) is 47.1 Å². The molecule has 8 rings (SSSR count). The second-order valence-corrected chi connectivity index (χ2v) is 27.5. The van der Waals surface area contributed by atoms with Gasteiger partial charge >= 0.3 is 24.6 Å². The molecule has 0 saturated carbocycles. The predicted molar refractivity (Wildman–Crippen MR) is 326 cm³/mol. The first-order chi connectivity index (χ1) is 41.0. The summed E-state index contributed by atoms with van der Waals surface area (Å²) in [4.78, 5) is 111. The van der Waals surface area contributed by atoms with Crippen LogP contribution in [0.4, 0.5) is 0 Å². The number of aliphatic hydroxyl groups is 2. The number of phosphoric acid groups is 1. The third kappa shape index (κ3) is 14.1. The number of carbonyl (C=O) groups excluding carboxylic acids is 6. The smallest absolute Gasteiger partial charge is 0.682 e. The number of nitrogens with two attached hydrogens (primary N) is 5. The van der Waals surface area contributed by atoms with Crippen LogP contribution < -0.4 is 34.0 Å². The van der Waals surface area contributed by atoms with Crippen LogP contribution in [0.2, 0.25) is 0 Å². The van der Waals surface area contributed by atoms with Crippen molar-refractivity contribution in [1.29, 1.82) is 5.26 Å². The minimum absolute atomic E-state index is 0. The molecule has 26 nitrogen and oxygen atoms in total. The number of hydrogen-bond acceptors (Lipinski definition) is 17. The van der Waals surface area contributed by atoms with Crippen molar-refractivity contribution in [2.45, 2.75) is 189 Å². The average Bonchev–Trinajstić information content (AvgIpc) is 1.64. The Bertz CT molecular complexity index is 3430. The number of benzene rings is 1. The third-order valence-electron chi connectivity index (χ3n) is 19.7. The minimum Gasteiger partial charge on any atom is -0.682 e. The van der Waals surface area contributed by atoms with Crippen molar-refractivity contribution in [3.8, 4) is 0 Å². The molecule has 14 N–H and O–H groups in total. The van der Waals surface area contributed by atoms with Gasteiger partial charge < -0.3 is 75.5 Å². The van der Waals surface area contributed by atoms with Crippen molar-refractivity contribution in [1.82, 2.24) is 14.9 Å². The summed E-state index contributed by atoms with van der Waals surface area (Å²) in [5.41, 5.74) is 32.3. The Hall–Kier alpha value is -6.47. The molecule has 14 atom stereocenters.